The first-order valence-electron chi connectivity index (χ1n) is 2.25. The zero-order valence-electron chi connectivity index (χ0n) is 4.20. The van der Waals surface area contributed by atoms with Gasteiger partial charge in [-0.3, -0.25) is 5.73 Å². The summed E-state index contributed by atoms with van der Waals surface area (Å²) in [5, 5.41) is 0. The molecule has 0 saturated heterocycles. The lowest BCUT2D eigenvalue weighted by Crippen LogP contribution is -2.08. The molecule has 1 N–H and O–H groups in total. The molecule has 8 heavy (non-hydrogen) atoms. The maximum Gasteiger partial charge on any atom is 0.0822 e. The summed E-state index contributed by atoms with van der Waals surface area (Å²) >= 11 is 10.0. The largest absolute Gasteiger partial charge is 0.258 e. The van der Waals surface area contributed by atoms with E-state index in [4.69, 9.17) is 5.73 Å². The van der Waals surface area contributed by atoms with E-state index in [0.29, 0.717) is 15.1 Å². The molecule has 0 aliphatic heterocycles. The molecule has 0 spiro atoms. The summed E-state index contributed by atoms with van der Waals surface area (Å²) in [4.78, 5) is 0.375. The SMILES string of the molecule is [NH]CCC(Br)C(Br)Br. The molecule has 0 rings (SSSR count). The van der Waals surface area contributed by atoms with Gasteiger partial charge in [0.05, 0.1) is 3.74 Å². The van der Waals surface area contributed by atoms with E-state index in [1.165, 1.54) is 0 Å². The van der Waals surface area contributed by atoms with E-state index in [2.05, 4.69) is 47.8 Å². The molecule has 4 heteroatoms. The third kappa shape index (κ3) is 4.30. The molecule has 0 aromatic heterocycles. The van der Waals surface area contributed by atoms with Gasteiger partial charge in [-0.05, 0) is 6.42 Å². The molecule has 1 atom stereocenters. The Balaban J connectivity index is 3.17. The van der Waals surface area contributed by atoms with Gasteiger partial charge >= 0.3 is 0 Å². The minimum atomic E-state index is 0.292. The average molecular weight is 309 g/mol. The smallest absolute Gasteiger partial charge is 0.0822 e. The molecule has 0 amide bonds. The van der Waals surface area contributed by atoms with Crippen molar-refractivity contribution in [3.8, 4) is 0 Å². The second-order valence-corrected chi connectivity index (χ2v) is 5.77. The average Bonchev–Trinajstić information content (AvgIpc) is 1.67. The van der Waals surface area contributed by atoms with Crippen molar-refractivity contribution in [3.63, 3.8) is 0 Å². The van der Waals surface area contributed by atoms with Crippen molar-refractivity contribution < 1.29 is 0 Å². The lowest BCUT2D eigenvalue weighted by atomic mass is 10.3. The van der Waals surface area contributed by atoms with Crippen molar-refractivity contribution in [2.45, 2.75) is 15.0 Å². The minimum absolute atomic E-state index is 0.292. The van der Waals surface area contributed by atoms with Crippen LogP contribution in [0.25, 0.3) is 0 Å². The molecule has 0 fully saturated rings. The van der Waals surface area contributed by atoms with Crippen LogP contribution in [0.1, 0.15) is 6.42 Å². The second-order valence-electron chi connectivity index (χ2n) is 1.39. The molecule has 0 aliphatic rings. The Morgan fingerprint density at radius 1 is 1.25 bits per heavy atom. The van der Waals surface area contributed by atoms with Gasteiger partial charge < -0.3 is 0 Å². The molecule has 0 aromatic carbocycles. The Labute approximate surface area is 74.8 Å². The van der Waals surface area contributed by atoms with Gasteiger partial charge in [0.15, 0.2) is 0 Å². The summed E-state index contributed by atoms with van der Waals surface area (Å²) in [6, 6.07) is 0. The Morgan fingerprint density at radius 2 is 1.75 bits per heavy atom. The van der Waals surface area contributed by atoms with Gasteiger partial charge in [0.25, 0.3) is 0 Å². The third-order valence-electron chi connectivity index (χ3n) is 0.694. The molecule has 49 valence electrons. The summed E-state index contributed by atoms with van der Waals surface area (Å²) in [6.45, 7) is 0.476. The topological polar surface area (TPSA) is 23.8 Å². The highest BCUT2D eigenvalue weighted by Crippen LogP contribution is 2.22. The number of hydrogen-bond acceptors (Lipinski definition) is 0. The van der Waals surface area contributed by atoms with Crippen molar-refractivity contribution in [2.24, 2.45) is 0 Å². The van der Waals surface area contributed by atoms with Crippen LogP contribution in [0.3, 0.4) is 0 Å². The van der Waals surface area contributed by atoms with Crippen LogP contribution in [-0.2, 0) is 0 Å². The third-order valence-corrected chi connectivity index (χ3v) is 4.38. The van der Waals surface area contributed by atoms with E-state index < -0.39 is 0 Å². The second kappa shape index (κ2) is 5.21. The summed E-state index contributed by atoms with van der Waals surface area (Å²) < 4.78 is 0.292. The Kier molecular flexibility index (Phi) is 6.12. The van der Waals surface area contributed by atoms with Crippen LogP contribution in [0.5, 0.6) is 0 Å². The van der Waals surface area contributed by atoms with Gasteiger partial charge in [-0.15, -0.1) is 0 Å². The molecule has 1 unspecified atom stereocenters. The summed E-state index contributed by atoms with van der Waals surface area (Å²) in [6.07, 6.45) is 0.876. The lowest BCUT2D eigenvalue weighted by molar-refractivity contribution is 0.817. The molecule has 0 saturated carbocycles. The van der Waals surface area contributed by atoms with E-state index in [9.17, 15) is 0 Å². The fourth-order valence-electron chi connectivity index (χ4n) is 0.264. The standard InChI is InChI=1S/C4H7Br3N/c5-3(1-2-8)4(6)7/h3-4,8H,1-2H2. The lowest BCUT2D eigenvalue weighted by Gasteiger charge is -2.06. The Hall–Kier alpha value is 1.40. The van der Waals surface area contributed by atoms with Gasteiger partial charge in [0.2, 0.25) is 0 Å². The van der Waals surface area contributed by atoms with Crippen LogP contribution in [0.4, 0.5) is 0 Å². The van der Waals surface area contributed by atoms with Gasteiger partial charge in [-0.2, -0.15) is 0 Å². The summed E-state index contributed by atoms with van der Waals surface area (Å²) in [5.41, 5.74) is 6.85. The zero-order chi connectivity index (χ0) is 6.57. The molecule has 1 radical (unpaired) electrons. The first kappa shape index (κ1) is 9.40. The van der Waals surface area contributed by atoms with Crippen molar-refractivity contribution in [3.05, 3.63) is 0 Å². The number of nitrogens with one attached hydrogen (secondary N) is 1. The zero-order valence-corrected chi connectivity index (χ0v) is 8.96. The van der Waals surface area contributed by atoms with Crippen molar-refractivity contribution in [1.82, 2.24) is 5.73 Å². The maximum absolute atomic E-state index is 6.85. The number of alkyl halides is 3. The number of hydrogen-bond donors (Lipinski definition) is 0. The normalized spacial score (nSPS) is 14.6. The molecule has 0 aromatic rings. The quantitative estimate of drug-likeness (QED) is 0.716. The monoisotopic (exact) mass is 306 g/mol. The van der Waals surface area contributed by atoms with Crippen LogP contribution in [0.2, 0.25) is 0 Å². The summed E-state index contributed by atoms with van der Waals surface area (Å²) in [7, 11) is 0. The highest BCUT2D eigenvalue weighted by Gasteiger charge is 2.09. The number of rotatable bonds is 3. The van der Waals surface area contributed by atoms with Crippen LogP contribution in [-0.4, -0.2) is 15.1 Å². The van der Waals surface area contributed by atoms with Crippen LogP contribution in [0.15, 0.2) is 0 Å². The minimum Gasteiger partial charge on any atom is -0.258 e. The fraction of sp³-hybridized carbons (Fsp3) is 1.00. The van der Waals surface area contributed by atoms with Crippen LogP contribution < -0.4 is 5.73 Å². The molecule has 1 nitrogen and oxygen atoms in total. The van der Waals surface area contributed by atoms with Gasteiger partial charge in [0, 0.05) is 11.4 Å². The molecular weight excluding hydrogens is 302 g/mol. The van der Waals surface area contributed by atoms with Crippen molar-refractivity contribution in [2.75, 3.05) is 6.54 Å². The highest BCUT2D eigenvalue weighted by molar-refractivity contribution is 9.25. The van der Waals surface area contributed by atoms with E-state index in [0.717, 1.165) is 6.42 Å². The van der Waals surface area contributed by atoms with Crippen molar-refractivity contribution >= 4 is 47.8 Å². The predicted molar refractivity (Wildman–Crippen MR) is 46.9 cm³/mol. The predicted octanol–water partition coefficient (Wildman–Crippen LogP) is 2.54. The Morgan fingerprint density at radius 3 is 1.88 bits per heavy atom. The van der Waals surface area contributed by atoms with Crippen LogP contribution in [0, 0.1) is 0 Å². The first-order valence-corrected chi connectivity index (χ1v) is 5.00. The van der Waals surface area contributed by atoms with Gasteiger partial charge in [0.1, 0.15) is 0 Å². The van der Waals surface area contributed by atoms with E-state index >= 15 is 0 Å². The van der Waals surface area contributed by atoms with E-state index in [-0.39, 0.29) is 0 Å². The molecule has 0 bridgehead atoms. The summed E-state index contributed by atoms with van der Waals surface area (Å²) in [5.74, 6) is 0. The van der Waals surface area contributed by atoms with Gasteiger partial charge in [-0.1, -0.05) is 47.8 Å². The van der Waals surface area contributed by atoms with Gasteiger partial charge in [-0.25, -0.2) is 0 Å². The highest BCUT2D eigenvalue weighted by atomic mass is 79.9. The number of halogens is 3. The van der Waals surface area contributed by atoms with Crippen LogP contribution >= 0.6 is 47.8 Å². The molecule has 0 aliphatic carbocycles. The fourth-order valence-corrected chi connectivity index (χ4v) is 1.02. The maximum atomic E-state index is 6.85. The molecular formula is C4H7Br3N. The van der Waals surface area contributed by atoms with Crippen molar-refractivity contribution in [1.29, 1.82) is 0 Å². The van der Waals surface area contributed by atoms with E-state index in [1.807, 2.05) is 0 Å². The Bertz CT molecular complexity index is 57.2. The molecule has 0 heterocycles. The van der Waals surface area contributed by atoms with E-state index in [1.54, 1.807) is 0 Å². The first-order chi connectivity index (χ1) is 3.68.